The molecule has 3 rings (SSSR count). The van der Waals surface area contributed by atoms with Crippen molar-refractivity contribution in [1.29, 1.82) is 0 Å². The summed E-state index contributed by atoms with van der Waals surface area (Å²) in [5.41, 5.74) is 0.806. The van der Waals surface area contributed by atoms with Gasteiger partial charge in [0.1, 0.15) is 0 Å². The first-order chi connectivity index (χ1) is 9.06. The van der Waals surface area contributed by atoms with Crippen LogP contribution >= 0.6 is 11.3 Å². The van der Waals surface area contributed by atoms with E-state index in [2.05, 4.69) is 10.3 Å². The predicted octanol–water partition coefficient (Wildman–Crippen LogP) is -0.290. The average molecular weight is 279 g/mol. The molecular weight excluding hydrogens is 268 g/mol. The maximum absolute atomic E-state index is 12.2. The number of amides is 1. The molecular formula is C12H11N2O4S-. The number of aliphatic carboxylic acids is 1. The molecule has 2 aliphatic rings. The van der Waals surface area contributed by atoms with Gasteiger partial charge in [0.05, 0.1) is 23.8 Å². The van der Waals surface area contributed by atoms with Gasteiger partial charge in [-0.05, 0) is 6.92 Å². The van der Waals surface area contributed by atoms with Crippen LogP contribution in [0.4, 0.5) is 5.13 Å². The Morgan fingerprint density at radius 2 is 2.05 bits per heavy atom. The van der Waals surface area contributed by atoms with E-state index in [9.17, 15) is 14.7 Å². The zero-order valence-electron chi connectivity index (χ0n) is 10.0. The average Bonchev–Trinajstić information content (AvgIpc) is 3.03. The van der Waals surface area contributed by atoms with Crippen LogP contribution in [0.2, 0.25) is 0 Å². The number of thiazole rings is 1. The van der Waals surface area contributed by atoms with Crippen molar-refractivity contribution in [2.45, 2.75) is 19.1 Å². The number of carbonyl (C=O) groups is 2. The fourth-order valence-electron chi connectivity index (χ4n) is 2.50. The molecule has 1 saturated heterocycles. The summed E-state index contributed by atoms with van der Waals surface area (Å²) in [7, 11) is 0. The number of rotatable bonds is 3. The lowest BCUT2D eigenvalue weighted by Crippen LogP contribution is -2.45. The number of carbonyl (C=O) groups excluding carboxylic acids is 2. The first-order valence-electron chi connectivity index (χ1n) is 5.84. The lowest BCUT2D eigenvalue weighted by Gasteiger charge is -2.24. The van der Waals surface area contributed by atoms with Crippen molar-refractivity contribution in [2.75, 3.05) is 5.32 Å². The highest BCUT2D eigenvalue weighted by Crippen LogP contribution is 2.39. The fraction of sp³-hybridized carbons (Fsp3) is 0.417. The van der Waals surface area contributed by atoms with Crippen molar-refractivity contribution in [2.24, 2.45) is 11.8 Å². The number of fused-ring (bicyclic) bond motifs is 2. The Labute approximate surface area is 113 Å². The monoisotopic (exact) mass is 279 g/mol. The van der Waals surface area contributed by atoms with Gasteiger partial charge < -0.3 is 20.0 Å². The van der Waals surface area contributed by atoms with E-state index in [-0.39, 0.29) is 5.91 Å². The van der Waals surface area contributed by atoms with Crippen LogP contribution < -0.4 is 10.4 Å². The SMILES string of the molecule is Cc1csc(NC(=O)[C@H]2[C@@H](C(=O)[O-])[C@@H]3C=C[C@H]2O3)n1. The fourth-order valence-corrected chi connectivity index (χ4v) is 3.19. The minimum atomic E-state index is -1.26. The first-order valence-corrected chi connectivity index (χ1v) is 6.72. The van der Waals surface area contributed by atoms with Gasteiger partial charge in [0.25, 0.3) is 0 Å². The summed E-state index contributed by atoms with van der Waals surface area (Å²) < 4.78 is 5.41. The second-order valence-electron chi connectivity index (χ2n) is 4.60. The molecule has 4 atom stereocenters. The van der Waals surface area contributed by atoms with Gasteiger partial charge in [-0.2, -0.15) is 0 Å². The van der Waals surface area contributed by atoms with Crippen molar-refractivity contribution < 1.29 is 19.4 Å². The maximum atomic E-state index is 12.2. The summed E-state index contributed by atoms with van der Waals surface area (Å²) in [6.07, 6.45) is 2.34. The molecule has 1 aromatic rings. The Balaban J connectivity index is 1.79. The molecule has 19 heavy (non-hydrogen) atoms. The van der Waals surface area contributed by atoms with Crippen LogP contribution in [0.15, 0.2) is 17.5 Å². The number of ether oxygens (including phenoxy) is 1. The summed E-state index contributed by atoms with van der Waals surface area (Å²) in [4.78, 5) is 27.4. The number of hydrogen-bond donors (Lipinski definition) is 1. The molecule has 6 nitrogen and oxygen atoms in total. The Morgan fingerprint density at radius 3 is 2.63 bits per heavy atom. The third-order valence-corrected chi connectivity index (χ3v) is 4.20. The van der Waals surface area contributed by atoms with Crippen LogP contribution in [0.5, 0.6) is 0 Å². The van der Waals surface area contributed by atoms with Crippen LogP contribution in [-0.4, -0.2) is 29.1 Å². The Bertz CT molecular complexity index is 568. The molecule has 0 saturated carbocycles. The highest BCUT2D eigenvalue weighted by Gasteiger charge is 2.50. The van der Waals surface area contributed by atoms with Crippen molar-refractivity contribution in [3.8, 4) is 0 Å². The Hall–Kier alpha value is -1.73. The van der Waals surface area contributed by atoms with E-state index < -0.39 is 30.0 Å². The summed E-state index contributed by atoms with van der Waals surface area (Å²) in [5, 5.41) is 16.1. The number of carboxylic acids is 1. The smallest absolute Gasteiger partial charge is 0.233 e. The molecule has 3 heterocycles. The van der Waals surface area contributed by atoms with Crippen molar-refractivity contribution in [1.82, 2.24) is 4.98 Å². The molecule has 7 heteroatoms. The third kappa shape index (κ3) is 2.04. The molecule has 0 aromatic carbocycles. The standard InChI is InChI=1S/C12H12N2O4S/c1-5-4-19-12(13-5)14-10(15)8-6-2-3-7(18-6)9(8)11(16)17/h2-4,6-9H,1H3,(H,16,17)(H,13,14,15)/p-1/t6-,7+,8-,9+/m1/s1. The molecule has 1 amide bonds. The predicted molar refractivity (Wildman–Crippen MR) is 65.3 cm³/mol. The normalized spacial score (nSPS) is 31.6. The molecule has 0 radical (unpaired) electrons. The van der Waals surface area contributed by atoms with Crippen LogP contribution in [0, 0.1) is 18.8 Å². The largest absolute Gasteiger partial charge is 0.550 e. The number of aromatic nitrogens is 1. The summed E-state index contributed by atoms with van der Waals surface area (Å²) in [6.45, 7) is 1.82. The zero-order chi connectivity index (χ0) is 13.6. The summed E-state index contributed by atoms with van der Waals surface area (Å²) >= 11 is 1.30. The topological polar surface area (TPSA) is 91.4 Å². The quantitative estimate of drug-likeness (QED) is 0.768. The van der Waals surface area contributed by atoms with E-state index in [1.165, 1.54) is 11.3 Å². The maximum Gasteiger partial charge on any atom is 0.233 e. The summed E-state index contributed by atoms with van der Waals surface area (Å²) in [6, 6.07) is 0. The second kappa shape index (κ2) is 4.43. The van der Waals surface area contributed by atoms with Gasteiger partial charge >= 0.3 is 0 Å². The van der Waals surface area contributed by atoms with E-state index >= 15 is 0 Å². The van der Waals surface area contributed by atoms with Gasteiger partial charge in [-0.3, -0.25) is 4.79 Å². The molecule has 0 unspecified atom stereocenters. The van der Waals surface area contributed by atoms with Crippen molar-refractivity contribution in [3.05, 3.63) is 23.2 Å². The number of nitrogens with zero attached hydrogens (tertiary/aromatic N) is 1. The lowest BCUT2D eigenvalue weighted by molar-refractivity contribution is -0.313. The molecule has 100 valence electrons. The number of carboxylic acid groups (broad SMARTS) is 1. The van der Waals surface area contributed by atoms with E-state index in [0.717, 1.165) is 5.69 Å². The molecule has 2 bridgehead atoms. The molecule has 1 fully saturated rings. The number of hydrogen-bond acceptors (Lipinski definition) is 6. The van der Waals surface area contributed by atoms with E-state index in [1.807, 2.05) is 12.3 Å². The summed E-state index contributed by atoms with van der Waals surface area (Å²) in [5.74, 6) is -3.34. The Kier molecular flexibility index (Phi) is 2.87. The third-order valence-electron chi connectivity index (χ3n) is 3.32. The molecule has 1 N–H and O–H groups in total. The number of aryl methyl sites for hydroxylation is 1. The molecule has 2 aliphatic heterocycles. The van der Waals surface area contributed by atoms with Gasteiger partial charge in [0.15, 0.2) is 5.13 Å². The minimum Gasteiger partial charge on any atom is -0.550 e. The van der Waals surface area contributed by atoms with Crippen LogP contribution in [-0.2, 0) is 14.3 Å². The van der Waals surface area contributed by atoms with Gasteiger partial charge in [0.2, 0.25) is 5.91 Å². The molecule has 0 spiro atoms. The minimum absolute atomic E-state index is 0.389. The second-order valence-corrected chi connectivity index (χ2v) is 5.46. The number of anilines is 1. The van der Waals surface area contributed by atoms with Crippen LogP contribution in [0.3, 0.4) is 0 Å². The van der Waals surface area contributed by atoms with Gasteiger partial charge in [-0.1, -0.05) is 12.2 Å². The van der Waals surface area contributed by atoms with E-state index in [4.69, 9.17) is 4.74 Å². The van der Waals surface area contributed by atoms with Crippen molar-refractivity contribution >= 4 is 28.3 Å². The highest BCUT2D eigenvalue weighted by molar-refractivity contribution is 7.13. The lowest BCUT2D eigenvalue weighted by atomic mass is 9.82. The number of nitrogens with one attached hydrogen (secondary N) is 1. The zero-order valence-corrected chi connectivity index (χ0v) is 10.8. The molecule has 0 aliphatic carbocycles. The van der Waals surface area contributed by atoms with Crippen LogP contribution in [0.1, 0.15) is 5.69 Å². The van der Waals surface area contributed by atoms with E-state index in [0.29, 0.717) is 5.13 Å². The molecule has 1 aromatic heterocycles. The van der Waals surface area contributed by atoms with Crippen LogP contribution in [0.25, 0.3) is 0 Å². The van der Waals surface area contributed by atoms with E-state index in [1.54, 1.807) is 12.2 Å². The van der Waals surface area contributed by atoms with Gasteiger partial charge in [-0.25, -0.2) is 4.98 Å². The first kappa shape index (κ1) is 12.3. The van der Waals surface area contributed by atoms with Gasteiger partial charge in [-0.15, -0.1) is 11.3 Å². The highest BCUT2D eigenvalue weighted by atomic mass is 32.1. The van der Waals surface area contributed by atoms with Gasteiger partial charge in [0, 0.05) is 17.3 Å². The van der Waals surface area contributed by atoms with Crippen molar-refractivity contribution in [3.63, 3.8) is 0 Å². The Morgan fingerprint density at radius 1 is 1.37 bits per heavy atom.